The molecule has 0 radical (unpaired) electrons. The molecular formula is C21H24N2O5S. The van der Waals surface area contributed by atoms with Crippen molar-refractivity contribution in [2.24, 2.45) is 0 Å². The summed E-state index contributed by atoms with van der Waals surface area (Å²) in [7, 11) is 0. The number of benzene rings is 1. The second-order valence-electron chi connectivity index (χ2n) is 6.53. The Bertz CT molecular complexity index is 1040. The standard InChI is InChI=1S/C21H24N2O5S/c1-4-9-26-16-5-7-17(8-6-16)27-10-11-28-18(24)12-23-13-22-20-19(21(23)25)14(2)15(3)29-20/h5-8,13H,4,9-12H2,1-3H3. The average molecular weight is 416 g/mol. The first-order valence-electron chi connectivity index (χ1n) is 9.46. The minimum Gasteiger partial charge on any atom is -0.494 e. The van der Waals surface area contributed by atoms with Gasteiger partial charge in [-0.2, -0.15) is 0 Å². The summed E-state index contributed by atoms with van der Waals surface area (Å²) in [6, 6.07) is 7.28. The maximum absolute atomic E-state index is 12.6. The summed E-state index contributed by atoms with van der Waals surface area (Å²) in [5.74, 6) is 0.946. The van der Waals surface area contributed by atoms with Gasteiger partial charge in [0.05, 0.1) is 18.3 Å². The van der Waals surface area contributed by atoms with Gasteiger partial charge in [0.1, 0.15) is 36.1 Å². The average Bonchev–Trinajstić information content (AvgIpc) is 3.01. The van der Waals surface area contributed by atoms with Crippen LogP contribution in [0.25, 0.3) is 10.2 Å². The van der Waals surface area contributed by atoms with Crippen LogP contribution in [0.1, 0.15) is 23.8 Å². The minimum atomic E-state index is -0.509. The number of hydrogen-bond donors (Lipinski definition) is 0. The van der Waals surface area contributed by atoms with E-state index in [-0.39, 0.29) is 25.3 Å². The first-order valence-corrected chi connectivity index (χ1v) is 10.3. The molecule has 3 rings (SSSR count). The zero-order valence-corrected chi connectivity index (χ0v) is 17.6. The molecule has 0 unspecified atom stereocenters. The number of thiophene rings is 1. The predicted molar refractivity (Wildman–Crippen MR) is 112 cm³/mol. The van der Waals surface area contributed by atoms with E-state index in [1.165, 1.54) is 22.2 Å². The predicted octanol–water partition coefficient (Wildman–Crippen LogP) is 3.49. The van der Waals surface area contributed by atoms with Crippen LogP contribution < -0.4 is 15.0 Å². The molecule has 0 atom stereocenters. The van der Waals surface area contributed by atoms with Gasteiger partial charge in [0.15, 0.2) is 0 Å². The molecule has 0 saturated carbocycles. The number of rotatable bonds is 9. The van der Waals surface area contributed by atoms with Crippen LogP contribution in [-0.2, 0) is 16.1 Å². The van der Waals surface area contributed by atoms with Crippen molar-refractivity contribution in [3.63, 3.8) is 0 Å². The van der Waals surface area contributed by atoms with Crippen molar-refractivity contribution in [2.45, 2.75) is 33.7 Å². The highest BCUT2D eigenvalue weighted by molar-refractivity contribution is 7.18. The fourth-order valence-electron chi connectivity index (χ4n) is 2.73. The lowest BCUT2D eigenvalue weighted by Crippen LogP contribution is -2.26. The number of hydrogen-bond acceptors (Lipinski definition) is 7. The second kappa shape index (κ2) is 9.56. The highest BCUT2D eigenvalue weighted by Gasteiger charge is 2.14. The molecule has 0 amide bonds. The van der Waals surface area contributed by atoms with Gasteiger partial charge in [-0.05, 0) is 50.1 Å². The molecule has 0 bridgehead atoms. The zero-order chi connectivity index (χ0) is 20.8. The summed E-state index contributed by atoms with van der Waals surface area (Å²) in [5, 5.41) is 0.567. The fraction of sp³-hybridized carbons (Fsp3) is 0.381. The van der Waals surface area contributed by atoms with Crippen LogP contribution in [-0.4, -0.2) is 35.3 Å². The number of fused-ring (bicyclic) bond motifs is 1. The molecule has 29 heavy (non-hydrogen) atoms. The van der Waals surface area contributed by atoms with E-state index in [0.717, 1.165) is 22.6 Å². The number of carbonyl (C=O) groups is 1. The molecule has 7 nitrogen and oxygen atoms in total. The molecule has 1 aromatic carbocycles. The van der Waals surface area contributed by atoms with Crippen molar-refractivity contribution in [3.8, 4) is 11.5 Å². The molecule has 8 heteroatoms. The van der Waals surface area contributed by atoms with Gasteiger partial charge in [-0.15, -0.1) is 11.3 Å². The van der Waals surface area contributed by atoms with Crippen molar-refractivity contribution in [1.82, 2.24) is 9.55 Å². The molecule has 154 valence electrons. The van der Waals surface area contributed by atoms with E-state index in [2.05, 4.69) is 4.98 Å². The summed E-state index contributed by atoms with van der Waals surface area (Å²) >= 11 is 1.47. The lowest BCUT2D eigenvalue weighted by molar-refractivity contribution is -0.145. The lowest BCUT2D eigenvalue weighted by atomic mass is 10.2. The van der Waals surface area contributed by atoms with Crippen LogP contribution in [0.3, 0.4) is 0 Å². The third-order valence-electron chi connectivity index (χ3n) is 4.37. The summed E-state index contributed by atoms with van der Waals surface area (Å²) in [6.45, 7) is 6.69. The Labute approximate surface area is 172 Å². The molecule has 0 spiro atoms. The molecule has 2 heterocycles. The molecule has 3 aromatic rings. The van der Waals surface area contributed by atoms with Gasteiger partial charge in [-0.1, -0.05) is 6.92 Å². The molecular weight excluding hydrogens is 392 g/mol. The maximum atomic E-state index is 12.6. The van der Waals surface area contributed by atoms with Crippen LogP contribution in [0.15, 0.2) is 35.4 Å². The van der Waals surface area contributed by atoms with E-state index in [0.29, 0.717) is 22.6 Å². The third kappa shape index (κ3) is 5.14. The smallest absolute Gasteiger partial charge is 0.326 e. The van der Waals surface area contributed by atoms with Crippen LogP contribution in [0.4, 0.5) is 0 Å². The van der Waals surface area contributed by atoms with Gasteiger partial charge < -0.3 is 14.2 Å². The topological polar surface area (TPSA) is 79.7 Å². The van der Waals surface area contributed by atoms with Crippen molar-refractivity contribution in [3.05, 3.63) is 51.4 Å². The Balaban J connectivity index is 1.48. The Morgan fingerprint density at radius 2 is 1.72 bits per heavy atom. The van der Waals surface area contributed by atoms with Crippen LogP contribution in [0, 0.1) is 13.8 Å². The Hall–Kier alpha value is -2.87. The quantitative estimate of drug-likeness (QED) is 0.392. The van der Waals surface area contributed by atoms with E-state index in [9.17, 15) is 9.59 Å². The number of aromatic nitrogens is 2. The highest BCUT2D eigenvalue weighted by atomic mass is 32.1. The van der Waals surface area contributed by atoms with Gasteiger partial charge in [-0.25, -0.2) is 4.98 Å². The first-order chi connectivity index (χ1) is 14.0. The van der Waals surface area contributed by atoms with Crippen molar-refractivity contribution in [1.29, 1.82) is 0 Å². The SMILES string of the molecule is CCCOc1ccc(OCCOC(=O)Cn2cnc3sc(C)c(C)c3c2=O)cc1. The summed E-state index contributed by atoms with van der Waals surface area (Å²) in [4.78, 5) is 30.7. The van der Waals surface area contributed by atoms with Gasteiger partial charge in [-0.3, -0.25) is 14.2 Å². The molecule has 0 aliphatic carbocycles. The summed E-state index contributed by atoms with van der Waals surface area (Å²) < 4.78 is 17.5. The maximum Gasteiger partial charge on any atom is 0.326 e. The number of carbonyl (C=O) groups excluding carboxylic acids is 1. The van der Waals surface area contributed by atoms with Gasteiger partial charge in [0, 0.05) is 4.88 Å². The summed E-state index contributed by atoms with van der Waals surface area (Å²) in [6.07, 6.45) is 2.34. The fourth-order valence-corrected chi connectivity index (χ4v) is 3.72. The number of ether oxygens (including phenoxy) is 3. The van der Waals surface area contributed by atoms with Gasteiger partial charge in [0.25, 0.3) is 5.56 Å². The number of esters is 1. The third-order valence-corrected chi connectivity index (χ3v) is 5.48. The second-order valence-corrected chi connectivity index (χ2v) is 7.73. The minimum absolute atomic E-state index is 0.0912. The van der Waals surface area contributed by atoms with E-state index in [1.54, 1.807) is 12.1 Å². The zero-order valence-electron chi connectivity index (χ0n) is 16.8. The molecule has 0 fully saturated rings. The molecule has 0 aliphatic rings. The summed E-state index contributed by atoms with van der Waals surface area (Å²) in [5.41, 5.74) is 0.681. The number of nitrogens with zero attached hydrogens (tertiary/aromatic N) is 2. The first kappa shape index (κ1) is 20.9. The van der Waals surface area contributed by atoms with Crippen molar-refractivity contribution >= 4 is 27.5 Å². The van der Waals surface area contributed by atoms with Gasteiger partial charge >= 0.3 is 5.97 Å². The Morgan fingerprint density at radius 3 is 2.38 bits per heavy atom. The number of aryl methyl sites for hydroxylation is 2. The van der Waals surface area contributed by atoms with E-state index in [1.807, 2.05) is 32.9 Å². The van der Waals surface area contributed by atoms with E-state index < -0.39 is 5.97 Å². The largest absolute Gasteiger partial charge is 0.494 e. The highest BCUT2D eigenvalue weighted by Crippen LogP contribution is 2.25. The lowest BCUT2D eigenvalue weighted by Gasteiger charge is -2.09. The molecule has 0 N–H and O–H groups in total. The van der Waals surface area contributed by atoms with Crippen molar-refractivity contribution in [2.75, 3.05) is 19.8 Å². The molecule has 2 aromatic heterocycles. The Morgan fingerprint density at radius 1 is 1.07 bits per heavy atom. The van der Waals surface area contributed by atoms with Crippen LogP contribution in [0.5, 0.6) is 11.5 Å². The van der Waals surface area contributed by atoms with E-state index >= 15 is 0 Å². The normalized spacial score (nSPS) is 10.9. The molecule has 0 saturated heterocycles. The Kier molecular flexibility index (Phi) is 6.87. The van der Waals surface area contributed by atoms with Crippen molar-refractivity contribution < 1.29 is 19.0 Å². The monoisotopic (exact) mass is 416 g/mol. The molecule has 0 aliphatic heterocycles. The van der Waals surface area contributed by atoms with Gasteiger partial charge in [0.2, 0.25) is 0 Å². The van der Waals surface area contributed by atoms with Crippen LogP contribution >= 0.6 is 11.3 Å². The van der Waals surface area contributed by atoms with Crippen LogP contribution in [0.2, 0.25) is 0 Å². The van der Waals surface area contributed by atoms with E-state index in [4.69, 9.17) is 14.2 Å².